The molecular weight excluding hydrogens is 308 g/mol. The number of benzene rings is 2. The van der Waals surface area contributed by atoms with E-state index in [1.54, 1.807) is 63.8 Å². The van der Waals surface area contributed by atoms with E-state index in [4.69, 9.17) is 18.9 Å². The number of hydrogen-bond acceptors (Lipinski definition) is 5. The Kier molecular flexibility index (Phi) is 5.84. The van der Waals surface area contributed by atoms with E-state index >= 15 is 0 Å². The second-order valence-corrected chi connectivity index (χ2v) is 4.87. The maximum absolute atomic E-state index is 12.5. The van der Waals surface area contributed by atoms with E-state index in [0.717, 1.165) is 5.56 Å². The van der Waals surface area contributed by atoms with Crippen molar-refractivity contribution in [3.05, 3.63) is 53.6 Å². The Balaban J connectivity index is 2.31. The molecule has 5 nitrogen and oxygen atoms in total. The van der Waals surface area contributed by atoms with Gasteiger partial charge in [0.2, 0.25) is 0 Å². The van der Waals surface area contributed by atoms with E-state index in [1.165, 1.54) is 13.2 Å². The van der Waals surface area contributed by atoms with E-state index in [2.05, 4.69) is 0 Å². The first-order valence-corrected chi connectivity index (χ1v) is 7.29. The van der Waals surface area contributed by atoms with Gasteiger partial charge in [-0.05, 0) is 42.5 Å². The van der Waals surface area contributed by atoms with Crippen molar-refractivity contribution in [3.8, 4) is 23.0 Å². The molecule has 0 heterocycles. The minimum atomic E-state index is -0.181. The molecule has 0 fully saturated rings. The van der Waals surface area contributed by atoms with Crippen molar-refractivity contribution >= 4 is 11.9 Å². The minimum Gasteiger partial charge on any atom is -0.497 e. The van der Waals surface area contributed by atoms with Crippen LogP contribution in [0, 0.1) is 0 Å². The van der Waals surface area contributed by atoms with Gasteiger partial charge in [0.25, 0.3) is 0 Å². The molecule has 2 aromatic carbocycles. The molecule has 5 heteroatoms. The number of ether oxygens (including phenoxy) is 4. The highest BCUT2D eigenvalue weighted by Crippen LogP contribution is 2.27. The molecule has 0 atom stereocenters. The largest absolute Gasteiger partial charge is 0.497 e. The predicted octanol–water partition coefficient (Wildman–Crippen LogP) is 3.62. The summed E-state index contributed by atoms with van der Waals surface area (Å²) in [6.45, 7) is 0. The normalized spacial score (nSPS) is 10.5. The van der Waals surface area contributed by atoms with E-state index in [9.17, 15) is 4.79 Å². The van der Waals surface area contributed by atoms with Gasteiger partial charge in [-0.3, -0.25) is 4.79 Å². The minimum absolute atomic E-state index is 0.181. The van der Waals surface area contributed by atoms with Gasteiger partial charge in [0.15, 0.2) is 5.78 Å². The van der Waals surface area contributed by atoms with Crippen molar-refractivity contribution in [3.63, 3.8) is 0 Å². The first kappa shape index (κ1) is 17.4. The molecular formula is C19H20O5. The van der Waals surface area contributed by atoms with Crippen LogP contribution in [0.1, 0.15) is 15.9 Å². The molecule has 0 aromatic heterocycles. The molecule has 2 aromatic rings. The van der Waals surface area contributed by atoms with Gasteiger partial charge in [-0.15, -0.1) is 0 Å². The lowest BCUT2D eigenvalue weighted by Gasteiger charge is -2.09. The van der Waals surface area contributed by atoms with Gasteiger partial charge >= 0.3 is 0 Å². The van der Waals surface area contributed by atoms with Crippen LogP contribution in [0.15, 0.2) is 42.5 Å². The smallest absolute Gasteiger partial charge is 0.189 e. The molecule has 0 radical (unpaired) electrons. The van der Waals surface area contributed by atoms with Crippen LogP contribution in [0.2, 0.25) is 0 Å². The van der Waals surface area contributed by atoms with Gasteiger partial charge < -0.3 is 18.9 Å². The van der Waals surface area contributed by atoms with Gasteiger partial charge in [0, 0.05) is 11.6 Å². The number of carbonyl (C=O) groups is 1. The Hall–Kier alpha value is -2.95. The summed E-state index contributed by atoms with van der Waals surface area (Å²) in [4.78, 5) is 12.5. The standard InChI is InChI=1S/C19H20O5/c1-21-14-7-10-18(23-3)13(11-14)5-9-17(20)16-8-6-15(22-2)12-19(16)24-4/h5-12H,1-4H3/b9-5+. The molecule has 0 aliphatic rings. The Morgan fingerprint density at radius 2 is 1.42 bits per heavy atom. The van der Waals surface area contributed by atoms with Crippen LogP contribution in [0.4, 0.5) is 0 Å². The molecule has 2 rings (SSSR count). The molecule has 0 saturated heterocycles. The predicted molar refractivity (Wildman–Crippen MR) is 92.5 cm³/mol. The fraction of sp³-hybridized carbons (Fsp3) is 0.211. The van der Waals surface area contributed by atoms with Crippen LogP contribution in [-0.4, -0.2) is 34.2 Å². The summed E-state index contributed by atoms with van der Waals surface area (Å²) < 4.78 is 20.9. The summed E-state index contributed by atoms with van der Waals surface area (Å²) in [7, 11) is 6.24. The number of allylic oxidation sites excluding steroid dienone is 1. The summed E-state index contributed by atoms with van der Waals surface area (Å²) in [6, 6.07) is 10.4. The van der Waals surface area contributed by atoms with E-state index < -0.39 is 0 Å². The third kappa shape index (κ3) is 3.87. The van der Waals surface area contributed by atoms with Crippen LogP contribution in [-0.2, 0) is 0 Å². The Bertz CT molecular complexity index is 749. The topological polar surface area (TPSA) is 54.0 Å². The average molecular weight is 328 g/mol. The SMILES string of the molecule is COc1ccc(OC)c(/C=C/C(=O)c2ccc(OC)cc2OC)c1. The van der Waals surface area contributed by atoms with Crippen molar-refractivity contribution in [1.82, 2.24) is 0 Å². The zero-order chi connectivity index (χ0) is 17.5. The number of carbonyl (C=O) groups excluding carboxylic acids is 1. The fourth-order valence-corrected chi connectivity index (χ4v) is 2.23. The van der Waals surface area contributed by atoms with Crippen molar-refractivity contribution in [2.24, 2.45) is 0 Å². The summed E-state index contributed by atoms with van der Waals surface area (Å²) >= 11 is 0. The molecule has 24 heavy (non-hydrogen) atoms. The highest BCUT2D eigenvalue weighted by Gasteiger charge is 2.11. The number of rotatable bonds is 7. The van der Waals surface area contributed by atoms with Crippen molar-refractivity contribution in [2.75, 3.05) is 28.4 Å². The van der Waals surface area contributed by atoms with Crippen molar-refractivity contribution < 1.29 is 23.7 Å². The second kappa shape index (κ2) is 8.06. The average Bonchev–Trinajstić information content (AvgIpc) is 2.65. The highest BCUT2D eigenvalue weighted by molar-refractivity contribution is 6.08. The first-order valence-electron chi connectivity index (χ1n) is 7.29. The highest BCUT2D eigenvalue weighted by atomic mass is 16.5. The zero-order valence-corrected chi connectivity index (χ0v) is 14.2. The van der Waals surface area contributed by atoms with Crippen molar-refractivity contribution in [2.45, 2.75) is 0 Å². The maximum Gasteiger partial charge on any atom is 0.189 e. The Labute approximate surface area is 141 Å². The fourth-order valence-electron chi connectivity index (χ4n) is 2.23. The van der Waals surface area contributed by atoms with E-state index in [0.29, 0.717) is 28.6 Å². The van der Waals surface area contributed by atoms with Gasteiger partial charge in [-0.25, -0.2) is 0 Å². The van der Waals surface area contributed by atoms with E-state index in [1.807, 2.05) is 0 Å². The molecule has 0 N–H and O–H groups in total. The van der Waals surface area contributed by atoms with Crippen LogP contribution in [0.3, 0.4) is 0 Å². The lowest BCUT2D eigenvalue weighted by Crippen LogP contribution is -1.99. The lowest BCUT2D eigenvalue weighted by molar-refractivity contribution is 0.104. The van der Waals surface area contributed by atoms with Crippen LogP contribution in [0.5, 0.6) is 23.0 Å². The van der Waals surface area contributed by atoms with Crippen LogP contribution >= 0.6 is 0 Å². The van der Waals surface area contributed by atoms with Gasteiger partial charge in [-0.2, -0.15) is 0 Å². The Morgan fingerprint density at radius 3 is 2.04 bits per heavy atom. The summed E-state index contributed by atoms with van der Waals surface area (Å²) in [5.41, 5.74) is 1.20. The monoisotopic (exact) mass is 328 g/mol. The summed E-state index contributed by atoms with van der Waals surface area (Å²) in [5, 5.41) is 0. The van der Waals surface area contributed by atoms with Gasteiger partial charge in [0.05, 0.1) is 34.0 Å². The van der Waals surface area contributed by atoms with Crippen LogP contribution in [0.25, 0.3) is 6.08 Å². The van der Waals surface area contributed by atoms with Gasteiger partial charge in [-0.1, -0.05) is 0 Å². The third-order valence-electron chi connectivity index (χ3n) is 3.53. The Morgan fingerprint density at radius 1 is 0.792 bits per heavy atom. The molecule has 0 bridgehead atoms. The van der Waals surface area contributed by atoms with Gasteiger partial charge in [0.1, 0.15) is 23.0 Å². The number of ketones is 1. The molecule has 126 valence electrons. The van der Waals surface area contributed by atoms with E-state index in [-0.39, 0.29) is 5.78 Å². The lowest BCUT2D eigenvalue weighted by atomic mass is 10.1. The molecule has 0 amide bonds. The van der Waals surface area contributed by atoms with Crippen molar-refractivity contribution in [1.29, 1.82) is 0 Å². The molecule has 0 aliphatic carbocycles. The summed E-state index contributed by atoms with van der Waals surface area (Å²) in [5.74, 6) is 2.24. The second-order valence-electron chi connectivity index (χ2n) is 4.87. The zero-order valence-electron chi connectivity index (χ0n) is 14.2. The number of methoxy groups -OCH3 is 4. The molecule has 0 spiro atoms. The molecule has 0 unspecified atom stereocenters. The number of hydrogen-bond donors (Lipinski definition) is 0. The first-order chi connectivity index (χ1) is 11.6. The maximum atomic E-state index is 12.5. The van der Waals surface area contributed by atoms with Crippen LogP contribution < -0.4 is 18.9 Å². The molecule has 0 aliphatic heterocycles. The third-order valence-corrected chi connectivity index (χ3v) is 3.53. The quantitative estimate of drug-likeness (QED) is 0.574. The molecule has 0 saturated carbocycles. The summed E-state index contributed by atoms with van der Waals surface area (Å²) in [6.07, 6.45) is 3.16.